The molecule has 0 bridgehead atoms. The summed E-state index contributed by atoms with van der Waals surface area (Å²) in [7, 11) is -2.32. The summed E-state index contributed by atoms with van der Waals surface area (Å²) >= 11 is 5.82. The van der Waals surface area contributed by atoms with E-state index in [1.54, 1.807) is 28.8 Å². The number of hydrogen-bond donors (Lipinski definition) is 0. The number of benzene rings is 1. The Kier molecular flexibility index (Phi) is 5.56. The van der Waals surface area contributed by atoms with Crippen molar-refractivity contribution in [3.63, 3.8) is 0 Å². The van der Waals surface area contributed by atoms with Crippen LogP contribution in [0.25, 0.3) is 39.3 Å². The number of sulfone groups is 1. The maximum absolute atomic E-state index is 14.2. The molecule has 0 aliphatic heterocycles. The van der Waals surface area contributed by atoms with Gasteiger partial charge >= 0.3 is 6.18 Å². The standard InChI is InChI=1S/C23H16ClF4N5O2S/c1-3-36(34,35)18-11-17-13(12-6-7-14(24)15(25)9-12)5-4-8-33(17)20(18)22-29-16-10-19(23(26,27)28)30-31-21(16)32(22)2/h4-11H,3H2,1-2H3. The average Bonchev–Trinajstić information content (AvgIpc) is 3.38. The lowest BCUT2D eigenvalue weighted by atomic mass is 10.1. The van der Waals surface area contributed by atoms with Crippen LogP contribution in [0.5, 0.6) is 0 Å². The van der Waals surface area contributed by atoms with Gasteiger partial charge in [0.05, 0.1) is 21.2 Å². The summed E-state index contributed by atoms with van der Waals surface area (Å²) in [5, 5.41) is 6.86. The van der Waals surface area contributed by atoms with Crippen molar-refractivity contribution in [2.24, 2.45) is 7.05 Å². The summed E-state index contributed by atoms with van der Waals surface area (Å²) in [5.74, 6) is -0.798. The number of hydrogen-bond acceptors (Lipinski definition) is 5. The van der Waals surface area contributed by atoms with Gasteiger partial charge in [-0.2, -0.15) is 13.2 Å². The number of imidazole rings is 1. The number of rotatable bonds is 4. The number of aromatic nitrogens is 5. The maximum Gasteiger partial charge on any atom is 0.435 e. The van der Waals surface area contributed by atoms with Gasteiger partial charge in [0.15, 0.2) is 27.0 Å². The second kappa shape index (κ2) is 8.27. The van der Waals surface area contributed by atoms with Gasteiger partial charge in [0.1, 0.15) is 17.0 Å². The van der Waals surface area contributed by atoms with E-state index in [9.17, 15) is 26.0 Å². The van der Waals surface area contributed by atoms with Crippen LogP contribution in [0.15, 0.2) is 53.6 Å². The Balaban J connectivity index is 1.84. The van der Waals surface area contributed by atoms with E-state index in [1.807, 2.05) is 0 Å². The zero-order valence-electron chi connectivity index (χ0n) is 18.7. The maximum atomic E-state index is 14.2. The number of fused-ring (bicyclic) bond motifs is 2. The van der Waals surface area contributed by atoms with Crippen molar-refractivity contribution < 1.29 is 26.0 Å². The molecule has 0 atom stereocenters. The summed E-state index contributed by atoms with van der Waals surface area (Å²) in [5.41, 5.74) is 0.271. The molecule has 0 amide bonds. The van der Waals surface area contributed by atoms with E-state index >= 15 is 0 Å². The largest absolute Gasteiger partial charge is 0.435 e. The Morgan fingerprint density at radius 2 is 1.83 bits per heavy atom. The van der Waals surface area contributed by atoms with Gasteiger partial charge in [0, 0.05) is 24.9 Å². The molecule has 0 aliphatic rings. The molecule has 0 saturated heterocycles. The predicted octanol–water partition coefficient (Wildman–Crippen LogP) is 5.55. The van der Waals surface area contributed by atoms with Crippen LogP contribution >= 0.6 is 11.6 Å². The molecule has 5 rings (SSSR count). The van der Waals surface area contributed by atoms with Crippen LogP contribution in [0.1, 0.15) is 12.6 Å². The monoisotopic (exact) mass is 537 g/mol. The molecule has 0 spiro atoms. The van der Waals surface area contributed by atoms with Gasteiger partial charge < -0.3 is 8.97 Å². The van der Waals surface area contributed by atoms with Gasteiger partial charge in [0.2, 0.25) is 0 Å². The fourth-order valence-corrected chi connectivity index (χ4v) is 5.23. The average molecular weight is 538 g/mol. The van der Waals surface area contributed by atoms with Crippen molar-refractivity contribution in [3.8, 4) is 22.6 Å². The van der Waals surface area contributed by atoms with Crippen molar-refractivity contribution in [1.82, 2.24) is 24.1 Å². The molecule has 36 heavy (non-hydrogen) atoms. The normalized spacial score (nSPS) is 12.6. The van der Waals surface area contributed by atoms with Crippen LogP contribution in [0, 0.1) is 5.82 Å². The Bertz CT molecular complexity index is 1780. The third-order valence-electron chi connectivity index (χ3n) is 5.84. The molecule has 0 aliphatic carbocycles. The minimum atomic E-state index is -4.72. The molecule has 0 fully saturated rings. The second-order valence-corrected chi connectivity index (χ2v) is 10.7. The zero-order chi connectivity index (χ0) is 26.0. The van der Waals surface area contributed by atoms with Crippen LogP contribution in [0.2, 0.25) is 5.02 Å². The molecule has 1 aromatic carbocycles. The molecule has 4 aromatic heterocycles. The van der Waals surface area contributed by atoms with E-state index in [1.165, 1.54) is 36.7 Å². The highest BCUT2D eigenvalue weighted by atomic mass is 35.5. The molecular formula is C23H16ClF4N5O2S. The lowest BCUT2D eigenvalue weighted by Gasteiger charge is -2.09. The number of pyridine rings is 1. The molecule has 4 heterocycles. The fourth-order valence-electron chi connectivity index (χ4n) is 4.03. The second-order valence-electron chi connectivity index (χ2n) is 8.00. The number of nitrogens with zero attached hydrogens (tertiary/aromatic N) is 5. The number of aryl methyl sites for hydroxylation is 1. The number of alkyl halides is 3. The quantitative estimate of drug-likeness (QED) is 0.281. The van der Waals surface area contributed by atoms with Gasteiger partial charge in [-0.3, -0.25) is 0 Å². The lowest BCUT2D eigenvalue weighted by Crippen LogP contribution is -2.09. The highest BCUT2D eigenvalue weighted by Crippen LogP contribution is 2.37. The summed E-state index contributed by atoms with van der Waals surface area (Å²) in [6, 6.07) is 9.78. The van der Waals surface area contributed by atoms with E-state index in [-0.39, 0.29) is 38.4 Å². The molecule has 7 nitrogen and oxygen atoms in total. The third kappa shape index (κ3) is 3.80. The third-order valence-corrected chi connectivity index (χ3v) is 7.89. The Morgan fingerprint density at radius 3 is 2.50 bits per heavy atom. The Labute approximate surface area is 206 Å². The van der Waals surface area contributed by atoms with Crippen molar-refractivity contribution in [2.75, 3.05) is 5.75 Å². The van der Waals surface area contributed by atoms with Gasteiger partial charge in [-0.1, -0.05) is 30.7 Å². The molecule has 13 heteroatoms. The fraction of sp³-hybridized carbons (Fsp3) is 0.174. The highest BCUT2D eigenvalue weighted by molar-refractivity contribution is 7.91. The first-order valence-corrected chi connectivity index (χ1v) is 12.6. The van der Waals surface area contributed by atoms with E-state index in [4.69, 9.17) is 11.6 Å². The number of halogens is 5. The van der Waals surface area contributed by atoms with Crippen molar-refractivity contribution in [2.45, 2.75) is 18.0 Å². The minimum Gasteiger partial charge on any atom is -0.312 e. The minimum absolute atomic E-state index is 0.0451. The van der Waals surface area contributed by atoms with Crippen molar-refractivity contribution in [3.05, 3.63) is 65.2 Å². The SMILES string of the molecule is CCS(=O)(=O)c1cc2c(-c3ccc(Cl)c(F)c3)cccn2c1-c1nc2cc(C(F)(F)F)nnc2n1C. The van der Waals surface area contributed by atoms with E-state index in [0.29, 0.717) is 16.6 Å². The summed E-state index contributed by atoms with van der Waals surface area (Å²) in [6.07, 6.45) is -3.12. The molecule has 186 valence electrons. The van der Waals surface area contributed by atoms with Gasteiger partial charge in [0.25, 0.3) is 0 Å². The van der Waals surface area contributed by atoms with Crippen LogP contribution in [0.3, 0.4) is 0 Å². The van der Waals surface area contributed by atoms with Gasteiger partial charge in [-0.05, 0) is 29.8 Å². The first-order chi connectivity index (χ1) is 16.9. The van der Waals surface area contributed by atoms with Gasteiger partial charge in [-0.15, -0.1) is 10.2 Å². The van der Waals surface area contributed by atoms with Crippen LogP contribution in [-0.4, -0.2) is 38.3 Å². The summed E-state index contributed by atoms with van der Waals surface area (Å²) in [4.78, 5) is 4.24. The van der Waals surface area contributed by atoms with Crippen LogP contribution < -0.4 is 0 Å². The first kappa shape index (κ1) is 24.2. The van der Waals surface area contributed by atoms with E-state index in [2.05, 4.69) is 15.2 Å². The van der Waals surface area contributed by atoms with Crippen molar-refractivity contribution >= 4 is 38.1 Å². The topological polar surface area (TPSA) is 82.2 Å². The zero-order valence-corrected chi connectivity index (χ0v) is 20.2. The predicted molar refractivity (Wildman–Crippen MR) is 126 cm³/mol. The molecule has 0 radical (unpaired) electrons. The van der Waals surface area contributed by atoms with E-state index < -0.39 is 27.5 Å². The molecule has 0 saturated carbocycles. The molecule has 0 unspecified atom stereocenters. The summed E-state index contributed by atoms with van der Waals surface area (Å²) in [6.45, 7) is 1.48. The molecule has 5 aromatic rings. The molecular weight excluding hydrogens is 522 g/mol. The lowest BCUT2D eigenvalue weighted by molar-refractivity contribution is -0.141. The van der Waals surface area contributed by atoms with E-state index in [0.717, 1.165) is 6.07 Å². The molecule has 0 N–H and O–H groups in total. The van der Waals surface area contributed by atoms with Crippen LogP contribution in [-0.2, 0) is 23.1 Å². The Morgan fingerprint density at radius 1 is 1.08 bits per heavy atom. The van der Waals surface area contributed by atoms with Crippen LogP contribution in [0.4, 0.5) is 17.6 Å². The van der Waals surface area contributed by atoms with Gasteiger partial charge in [-0.25, -0.2) is 17.8 Å². The first-order valence-electron chi connectivity index (χ1n) is 10.5. The smallest absolute Gasteiger partial charge is 0.312 e. The highest BCUT2D eigenvalue weighted by Gasteiger charge is 2.34. The summed E-state index contributed by atoms with van der Waals surface area (Å²) < 4.78 is 82.9. The van der Waals surface area contributed by atoms with Crippen molar-refractivity contribution in [1.29, 1.82) is 0 Å². The Hall–Kier alpha value is -3.51.